The fourth-order valence-corrected chi connectivity index (χ4v) is 4.37. The number of aliphatic hydroxyl groups is 1. The summed E-state index contributed by atoms with van der Waals surface area (Å²) in [5.74, 6) is 0. The fraction of sp³-hybridized carbons (Fsp3) is 0.500. The summed E-state index contributed by atoms with van der Waals surface area (Å²) >= 11 is 5.91. The van der Waals surface area contributed by atoms with Gasteiger partial charge in [0.15, 0.2) is 0 Å². The van der Waals surface area contributed by atoms with Crippen molar-refractivity contribution in [2.24, 2.45) is 0 Å². The van der Waals surface area contributed by atoms with Gasteiger partial charge in [-0.3, -0.25) is 0 Å². The highest BCUT2D eigenvalue weighted by Gasteiger charge is 2.46. The quantitative estimate of drug-likeness (QED) is 0.825. The smallest absolute Gasteiger partial charge is 0.244 e. The van der Waals surface area contributed by atoms with Gasteiger partial charge in [0.05, 0.1) is 10.6 Å². The van der Waals surface area contributed by atoms with Crippen molar-refractivity contribution in [2.45, 2.75) is 30.3 Å². The summed E-state index contributed by atoms with van der Waals surface area (Å²) in [6.07, 6.45) is 1.40. The van der Waals surface area contributed by atoms with Crippen molar-refractivity contribution in [3.8, 4) is 0 Å². The first-order valence-corrected chi connectivity index (χ1v) is 7.88. The van der Waals surface area contributed by atoms with E-state index in [4.69, 9.17) is 17.3 Å². The van der Waals surface area contributed by atoms with Crippen molar-refractivity contribution >= 4 is 27.3 Å². The van der Waals surface area contributed by atoms with Crippen molar-refractivity contribution in [1.82, 2.24) is 4.31 Å². The first-order valence-electron chi connectivity index (χ1n) is 6.06. The number of sulfonamides is 1. The lowest BCUT2D eigenvalue weighted by Crippen LogP contribution is -2.63. The number of hydrogen-bond donors (Lipinski definition) is 2. The molecular weight excluding hydrogens is 288 g/mol. The fourth-order valence-electron chi connectivity index (χ4n) is 2.26. The summed E-state index contributed by atoms with van der Waals surface area (Å²) in [5.41, 5.74) is 5.03. The predicted octanol–water partition coefficient (Wildman–Crippen LogP) is 1.46. The van der Waals surface area contributed by atoms with Gasteiger partial charge in [0.25, 0.3) is 0 Å². The molecular formula is C12H17ClN2O3S. The van der Waals surface area contributed by atoms with Crippen molar-refractivity contribution < 1.29 is 13.5 Å². The Morgan fingerprint density at radius 3 is 2.68 bits per heavy atom. The van der Waals surface area contributed by atoms with Gasteiger partial charge < -0.3 is 10.8 Å². The minimum Gasteiger partial charge on any atom is -0.399 e. The zero-order valence-corrected chi connectivity index (χ0v) is 12.2. The van der Waals surface area contributed by atoms with Crippen LogP contribution in [0.4, 0.5) is 5.69 Å². The average molecular weight is 305 g/mol. The van der Waals surface area contributed by atoms with E-state index < -0.39 is 15.6 Å². The molecule has 0 aliphatic carbocycles. The third kappa shape index (κ3) is 2.72. The molecule has 1 heterocycles. The molecule has 1 aliphatic rings. The maximum Gasteiger partial charge on any atom is 0.244 e. The molecule has 106 valence electrons. The second kappa shape index (κ2) is 4.94. The lowest BCUT2D eigenvalue weighted by molar-refractivity contribution is -0.0653. The Labute approximate surface area is 118 Å². The molecule has 0 atom stereocenters. The molecule has 1 aromatic carbocycles. The number of benzene rings is 1. The molecule has 1 aliphatic heterocycles. The zero-order valence-electron chi connectivity index (χ0n) is 10.6. The third-order valence-electron chi connectivity index (χ3n) is 3.23. The van der Waals surface area contributed by atoms with Gasteiger partial charge >= 0.3 is 0 Å². The van der Waals surface area contributed by atoms with E-state index in [1.165, 1.54) is 16.4 Å². The second-order valence-electron chi connectivity index (χ2n) is 4.94. The molecule has 0 aromatic heterocycles. The highest BCUT2D eigenvalue weighted by atomic mass is 35.5. The number of β-amino-alcohol motifs (C(OH)–C–C–N with tert-alkyl or cyclic N) is 1. The monoisotopic (exact) mass is 304 g/mol. The molecule has 2 rings (SSSR count). The van der Waals surface area contributed by atoms with Crippen LogP contribution < -0.4 is 5.73 Å². The Kier molecular flexibility index (Phi) is 3.79. The maximum absolute atomic E-state index is 12.4. The Morgan fingerprint density at radius 2 is 2.11 bits per heavy atom. The molecule has 1 fully saturated rings. The van der Waals surface area contributed by atoms with E-state index in [1.54, 1.807) is 6.07 Å². The molecule has 5 nitrogen and oxygen atoms in total. The summed E-state index contributed by atoms with van der Waals surface area (Å²) in [4.78, 5) is -0.00675. The average Bonchev–Trinajstić information content (AvgIpc) is 2.29. The van der Waals surface area contributed by atoms with Crippen LogP contribution in [0.1, 0.15) is 19.8 Å². The minimum atomic E-state index is -3.68. The van der Waals surface area contributed by atoms with E-state index >= 15 is 0 Å². The van der Waals surface area contributed by atoms with E-state index in [2.05, 4.69) is 0 Å². The molecule has 1 saturated heterocycles. The number of halogens is 1. The van der Waals surface area contributed by atoms with Gasteiger partial charge in [0.2, 0.25) is 10.0 Å². The molecule has 19 heavy (non-hydrogen) atoms. The lowest BCUT2D eigenvalue weighted by Gasteiger charge is -2.45. The first-order chi connectivity index (χ1) is 8.78. The van der Waals surface area contributed by atoms with E-state index in [1.807, 2.05) is 6.92 Å². The highest BCUT2D eigenvalue weighted by molar-refractivity contribution is 7.89. The first kappa shape index (κ1) is 14.6. The van der Waals surface area contributed by atoms with Crippen molar-refractivity contribution in [3.05, 3.63) is 23.2 Å². The van der Waals surface area contributed by atoms with Gasteiger partial charge in [-0.05, 0) is 24.6 Å². The van der Waals surface area contributed by atoms with E-state index in [9.17, 15) is 13.5 Å². The van der Waals surface area contributed by atoms with Gasteiger partial charge in [-0.1, -0.05) is 24.9 Å². The van der Waals surface area contributed by atoms with Gasteiger partial charge in [-0.2, -0.15) is 4.31 Å². The maximum atomic E-state index is 12.4. The van der Waals surface area contributed by atoms with Crippen molar-refractivity contribution in [1.29, 1.82) is 0 Å². The summed E-state index contributed by atoms with van der Waals surface area (Å²) < 4.78 is 25.9. The van der Waals surface area contributed by atoms with Crippen LogP contribution in [0.5, 0.6) is 0 Å². The molecule has 0 unspecified atom stereocenters. The number of nitrogens with zero attached hydrogens (tertiary/aromatic N) is 1. The number of hydrogen-bond acceptors (Lipinski definition) is 4. The predicted molar refractivity (Wildman–Crippen MR) is 74.5 cm³/mol. The number of nitrogen functional groups attached to an aromatic ring is 1. The zero-order chi connectivity index (χ0) is 14.3. The van der Waals surface area contributed by atoms with E-state index in [0.717, 1.165) is 6.42 Å². The van der Waals surface area contributed by atoms with Gasteiger partial charge in [0.1, 0.15) is 4.90 Å². The van der Waals surface area contributed by atoms with E-state index in [0.29, 0.717) is 12.1 Å². The summed E-state index contributed by atoms with van der Waals surface area (Å²) in [5, 5.41) is 10.2. The van der Waals surface area contributed by atoms with Crippen molar-refractivity contribution in [3.63, 3.8) is 0 Å². The normalized spacial score (nSPS) is 19.1. The summed E-state index contributed by atoms with van der Waals surface area (Å²) in [7, 11) is -3.68. The van der Waals surface area contributed by atoms with Gasteiger partial charge in [-0.15, -0.1) is 0 Å². The Balaban J connectivity index is 2.24. The van der Waals surface area contributed by atoms with Crippen LogP contribution in [0, 0.1) is 0 Å². The van der Waals surface area contributed by atoms with Crippen LogP contribution in [-0.2, 0) is 10.0 Å². The van der Waals surface area contributed by atoms with Crippen LogP contribution in [0.2, 0.25) is 5.02 Å². The van der Waals surface area contributed by atoms with Crippen LogP contribution >= 0.6 is 11.6 Å². The van der Waals surface area contributed by atoms with Crippen molar-refractivity contribution in [2.75, 3.05) is 18.8 Å². The largest absolute Gasteiger partial charge is 0.399 e. The SMILES string of the molecule is CCCC1(O)CN(S(=O)(=O)c2cc(N)ccc2Cl)C1. The molecule has 0 radical (unpaired) electrons. The number of anilines is 1. The molecule has 0 amide bonds. The molecule has 1 aromatic rings. The topological polar surface area (TPSA) is 83.6 Å². The minimum absolute atomic E-state index is 0.00675. The van der Waals surface area contributed by atoms with Crippen LogP contribution in [-0.4, -0.2) is 36.5 Å². The molecule has 0 saturated carbocycles. The van der Waals surface area contributed by atoms with E-state index in [-0.39, 0.29) is 23.0 Å². The Hall–Kier alpha value is -0.820. The molecule has 0 spiro atoms. The van der Waals surface area contributed by atoms with Gasteiger partial charge in [0, 0.05) is 18.8 Å². The highest BCUT2D eigenvalue weighted by Crippen LogP contribution is 2.34. The molecule has 3 N–H and O–H groups in total. The number of nitrogens with two attached hydrogens (primary N) is 1. The lowest BCUT2D eigenvalue weighted by atomic mass is 9.92. The summed E-state index contributed by atoms with van der Waals surface area (Å²) in [6, 6.07) is 4.35. The second-order valence-corrected chi connectivity index (χ2v) is 7.25. The standard InChI is InChI=1S/C12H17ClN2O3S/c1-2-5-12(16)7-15(8-12)19(17,18)11-6-9(14)3-4-10(11)13/h3-4,6,16H,2,5,7-8,14H2,1H3. The molecule has 7 heteroatoms. The van der Waals surface area contributed by atoms with Crippen LogP contribution in [0.25, 0.3) is 0 Å². The van der Waals surface area contributed by atoms with Crippen LogP contribution in [0.15, 0.2) is 23.1 Å². The molecule has 0 bridgehead atoms. The summed E-state index contributed by atoms with van der Waals surface area (Å²) in [6.45, 7) is 2.16. The third-order valence-corrected chi connectivity index (χ3v) is 5.50. The van der Waals surface area contributed by atoms with Crippen LogP contribution in [0.3, 0.4) is 0 Å². The Morgan fingerprint density at radius 1 is 1.47 bits per heavy atom. The van der Waals surface area contributed by atoms with Gasteiger partial charge in [-0.25, -0.2) is 8.42 Å². The Bertz CT molecular complexity index is 583. The number of rotatable bonds is 4.